The van der Waals surface area contributed by atoms with Gasteiger partial charge in [-0.05, 0) is 25.1 Å². The Morgan fingerprint density at radius 3 is 2.50 bits per heavy atom. The van der Waals surface area contributed by atoms with Crippen molar-refractivity contribution in [3.63, 3.8) is 0 Å². The van der Waals surface area contributed by atoms with Crippen molar-refractivity contribution in [2.24, 2.45) is 0 Å². The molecule has 0 aliphatic carbocycles. The molecule has 2 aromatic rings. The average molecular weight is 327 g/mol. The van der Waals surface area contributed by atoms with Crippen molar-refractivity contribution in [2.45, 2.75) is 6.92 Å². The third-order valence-electron chi connectivity index (χ3n) is 2.92. The number of anilines is 1. The van der Waals surface area contributed by atoms with Crippen LogP contribution in [0.25, 0.3) is 0 Å². The minimum atomic E-state index is -1.22. The molecule has 5 nitrogen and oxygen atoms in total. The van der Waals surface area contributed by atoms with Gasteiger partial charge in [-0.15, -0.1) is 0 Å². The van der Waals surface area contributed by atoms with Gasteiger partial charge in [0.2, 0.25) is 0 Å². The maximum absolute atomic E-state index is 13.2. The van der Waals surface area contributed by atoms with E-state index in [0.29, 0.717) is 17.7 Å². The molecule has 1 amide bonds. The van der Waals surface area contributed by atoms with Gasteiger partial charge in [0.25, 0.3) is 11.6 Å². The van der Waals surface area contributed by atoms with Crippen molar-refractivity contribution >= 4 is 28.9 Å². The predicted molar refractivity (Wildman–Crippen MR) is 77.2 cm³/mol. The zero-order chi connectivity index (χ0) is 16.4. The standard InChI is InChI=1S/C14H9ClF2N2O3/c1-7-2-3-8(4-13(7)19(21)22)18-14(20)9-5-11(16)12(17)6-10(9)15/h2-6H,1H3,(H,18,20). The highest BCUT2D eigenvalue weighted by molar-refractivity contribution is 6.34. The van der Waals surface area contributed by atoms with Crippen LogP contribution in [0.3, 0.4) is 0 Å². The van der Waals surface area contributed by atoms with Crippen LogP contribution in [0.5, 0.6) is 0 Å². The van der Waals surface area contributed by atoms with E-state index < -0.39 is 22.5 Å². The number of nitro groups is 1. The molecule has 0 saturated carbocycles. The van der Waals surface area contributed by atoms with Crippen LogP contribution in [-0.2, 0) is 0 Å². The van der Waals surface area contributed by atoms with Gasteiger partial charge in [-0.1, -0.05) is 17.7 Å². The first kappa shape index (κ1) is 15.8. The molecule has 22 heavy (non-hydrogen) atoms. The molecule has 0 unspecified atom stereocenters. The molecule has 0 heterocycles. The first-order chi connectivity index (χ1) is 10.3. The molecule has 1 N–H and O–H groups in total. The number of amides is 1. The molecule has 2 aromatic carbocycles. The Balaban J connectivity index is 2.32. The van der Waals surface area contributed by atoms with Gasteiger partial charge < -0.3 is 5.32 Å². The molecule has 2 rings (SSSR count). The van der Waals surface area contributed by atoms with Crippen LogP contribution in [0.4, 0.5) is 20.2 Å². The lowest BCUT2D eigenvalue weighted by Crippen LogP contribution is -2.13. The summed E-state index contributed by atoms with van der Waals surface area (Å²) in [6, 6.07) is 5.43. The molecule has 0 fully saturated rings. The minimum Gasteiger partial charge on any atom is -0.322 e. The molecule has 8 heteroatoms. The van der Waals surface area contributed by atoms with E-state index in [9.17, 15) is 23.7 Å². The molecule has 0 radical (unpaired) electrons. The summed E-state index contributed by atoms with van der Waals surface area (Å²) in [6.07, 6.45) is 0. The maximum atomic E-state index is 13.2. The van der Waals surface area contributed by atoms with E-state index in [1.54, 1.807) is 6.92 Å². The molecular weight excluding hydrogens is 318 g/mol. The first-order valence-corrected chi connectivity index (χ1v) is 6.38. The van der Waals surface area contributed by atoms with Crippen LogP contribution < -0.4 is 5.32 Å². The topological polar surface area (TPSA) is 72.2 Å². The number of rotatable bonds is 3. The number of hydrogen-bond acceptors (Lipinski definition) is 3. The highest BCUT2D eigenvalue weighted by atomic mass is 35.5. The number of hydrogen-bond donors (Lipinski definition) is 1. The number of carbonyl (C=O) groups is 1. The van der Waals surface area contributed by atoms with Crippen LogP contribution in [0, 0.1) is 28.7 Å². The van der Waals surface area contributed by atoms with Crippen LogP contribution in [0.15, 0.2) is 30.3 Å². The van der Waals surface area contributed by atoms with Crippen LogP contribution in [0.1, 0.15) is 15.9 Å². The van der Waals surface area contributed by atoms with Gasteiger partial charge in [-0.25, -0.2) is 8.78 Å². The van der Waals surface area contributed by atoms with Gasteiger partial charge in [-0.3, -0.25) is 14.9 Å². The highest BCUT2D eigenvalue weighted by Crippen LogP contribution is 2.24. The number of benzene rings is 2. The van der Waals surface area contributed by atoms with E-state index in [1.165, 1.54) is 18.2 Å². The highest BCUT2D eigenvalue weighted by Gasteiger charge is 2.17. The number of carbonyl (C=O) groups excluding carboxylic acids is 1. The molecule has 0 aliphatic rings. The summed E-state index contributed by atoms with van der Waals surface area (Å²) in [5, 5.41) is 12.9. The fourth-order valence-electron chi connectivity index (χ4n) is 1.78. The van der Waals surface area contributed by atoms with E-state index in [1.807, 2.05) is 0 Å². The zero-order valence-corrected chi connectivity index (χ0v) is 11.9. The van der Waals surface area contributed by atoms with Gasteiger partial charge in [0, 0.05) is 17.3 Å². The monoisotopic (exact) mass is 326 g/mol. The van der Waals surface area contributed by atoms with Gasteiger partial charge in [0.15, 0.2) is 11.6 Å². The second-order valence-electron chi connectivity index (χ2n) is 4.46. The van der Waals surface area contributed by atoms with Crippen molar-refractivity contribution < 1.29 is 18.5 Å². The first-order valence-electron chi connectivity index (χ1n) is 6.00. The molecule has 0 saturated heterocycles. The molecule has 0 aromatic heterocycles. The summed E-state index contributed by atoms with van der Waals surface area (Å²) in [6.45, 7) is 1.55. The van der Waals surface area contributed by atoms with Crippen LogP contribution in [-0.4, -0.2) is 10.8 Å². The SMILES string of the molecule is Cc1ccc(NC(=O)c2cc(F)c(F)cc2Cl)cc1[N+](=O)[O-]. The summed E-state index contributed by atoms with van der Waals surface area (Å²) in [5.41, 5.74) is 0.120. The van der Waals surface area contributed by atoms with E-state index in [0.717, 1.165) is 0 Å². The summed E-state index contributed by atoms with van der Waals surface area (Å²) in [7, 11) is 0. The Morgan fingerprint density at radius 2 is 1.86 bits per heavy atom. The molecule has 0 spiro atoms. The van der Waals surface area contributed by atoms with E-state index in [4.69, 9.17) is 11.6 Å². The van der Waals surface area contributed by atoms with Gasteiger partial charge in [0.05, 0.1) is 15.5 Å². The Hall–Kier alpha value is -2.54. The molecule has 0 bridgehead atoms. The fraction of sp³-hybridized carbons (Fsp3) is 0.0714. The van der Waals surface area contributed by atoms with Gasteiger partial charge in [0.1, 0.15) is 0 Å². The van der Waals surface area contributed by atoms with Crippen molar-refractivity contribution in [1.82, 2.24) is 0 Å². The zero-order valence-electron chi connectivity index (χ0n) is 11.2. The Labute approximate surface area is 128 Å². The third kappa shape index (κ3) is 3.20. The van der Waals surface area contributed by atoms with Crippen LogP contribution in [0.2, 0.25) is 5.02 Å². The number of aryl methyl sites for hydroxylation is 1. The second kappa shape index (κ2) is 6.07. The lowest BCUT2D eigenvalue weighted by atomic mass is 10.1. The quantitative estimate of drug-likeness (QED) is 0.524. The van der Waals surface area contributed by atoms with E-state index in [2.05, 4.69) is 5.32 Å². The van der Waals surface area contributed by atoms with Gasteiger partial charge in [-0.2, -0.15) is 0 Å². The summed E-state index contributed by atoms with van der Waals surface area (Å²) in [4.78, 5) is 22.3. The Morgan fingerprint density at radius 1 is 1.23 bits per heavy atom. The Kier molecular flexibility index (Phi) is 4.37. The average Bonchev–Trinajstić information content (AvgIpc) is 2.44. The lowest BCUT2D eigenvalue weighted by Gasteiger charge is -2.08. The predicted octanol–water partition coefficient (Wildman–Crippen LogP) is 4.09. The number of nitro benzene ring substituents is 1. The smallest absolute Gasteiger partial charge is 0.274 e. The van der Waals surface area contributed by atoms with E-state index in [-0.39, 0.29) is 22.0 Å². The van der Waals surface area contributed by atoms with Gasteiger partial charge >= 0.3 is 0 Å². The third-order valence-corrected chi connectivity index (χ3v) is 3.23. The van der Waals surface area contributed by atoms with Crippen molar-refractivity contribution in [3.8, 4) is 0 Å². The summed E-state index contributed by atoms with van der Waals surface area (Å²) >= 11 is 5.69. The van der Waals surface area contributed by atoms with Crippen molar-refractivity contribution in [1.29, 1.82) is 0 Å². The summed E-state index contributed by atoms with van der Waals surface area (Å²) < 4.78 is 26.1. The molecule has 114 valence electrons. The molecule has 0 atom stereocenters. The second-order valence-corrected chi connectivity index (χ2v) is 4.87. The molecule has 0 aliphatic heterocycles. The van der Waals surface area contributed by atoms with Crippen molar-refractivity contribution in [3.05, 3.63) is 68.2 Å². The van der Waals surface area contributed by atoms with Crippen molar-refractivity contribution in [2.75, 3.05) is 5.32 Å². The molecular formula is C14H9ClF2N2O3. The number of nitrogens with one attached hydrogen (secondary N) is 1. The number of nitrogens with zero attached hydrogens (tertiary/aromatic N) is 1. The lowest BCUT2D eigenvalue weighted by molar-refractivity contribution is -0.385. The minimum absolute atomic E-state index is 0.142. The van der Waals surface area contributed by atoms with E-state index >= 15 is 0 Å². The number of halogens is 3. The maximum Gasteiger partial charge on any atom is 0.274 e. The Bertz CT molecular complexity index is 781. The normalized spacial score (nSPS) is 10.4. The largest absolute Gasteiger partial charge is 0.322 e. The fourth-order valence-corrected chi connectivity index (χ4v) is 2.02. The summed E-state index contributed by atoms with van der Waals surface area (Å²) in [5.74, 6) is -3.20. The van der Waals surface area contributed by atoms with Crippen LogP contribution >= 0.6 is 11.6 Å².